The first-order chi connectivity index (χ1) is 16.8. The Hall–Kier alpha value is -3.24. The van der Waals surface area contributed by atoms with Crippen molar-refractivity contribution in [1.29, 1.82) is 0 Å². The van der Waals surface area contributed by atoms with Gasteiger partial charge in [0.05, 0.1) is 0 Å². The number of anilines is 2. The largest absolute Gasteiger partial charge is 0.460 e. The molecule has 0 aliphatic rings. The maximum atomic E-state index is 14.0. The fraction of sp³-hybridized carbons (Fsp3) is 0.667. The molecule has 7 nitrogen and oxygen atoms in total. The number of nitrogens with two attached hydrogens (primary N) is 1. The van der Waals surface area contributed by atoms with Gasteiger partial charge in [-0.1, -0.05) is 0 Å². The van der Waals surface area contributed by atoms with Crippen LogP contribution in [0.2, 0.25) is 0 Å². The Balaban J connectivity index is 3.73. The topological polar surface area (TPSA) is 99.1 Å². The number of carbonyl (C=O) groups is 1. The van der Waals surface area contributed by atoms with Gasteiger partial charge in [0.1, 0.15) is 11.5 Å². The molecule has 0 atom stereocenters. The molecule has 0 aromatic carbocycles. The summed E-state index contributed by atoms with van der Waals surface area (Å²) in [5, 5.41) is 0.401. The van der Waals surface area contributed by atoms with E-state index in [0.29, 0.717) is 19.4 Å². The minimum atomic E-state index is -8.88. The van der Waals surface area contributed by atoms with E-state index in [0.717, 1.165) is 0 Å². The van der Waals surface area contributed by atoms with Crippen molar-refractivity contribution in [2.75, 3.05) is 11.1 Å². The highest BCUT2D eigenvalue weighted by molar-refractivity contribution is 5.98. The molecule has 1 amide bonds. The normalized spacial score (nSPS) is 14.9. The van der Waals surface area contributed by atoms with E-state index in [1.54, 1.807) is 0 Å². The molecular formula is C15H9F17N4O3. The third kappa shape index (κ3) is 4.24. The van der Waals surface area contributed by atoms with E-state index in [2.05, 4.69) is 0 Å². The summed E-state index contributed by atoms with van der Waals surface area (Å²) in [6, 6.07) is 0. The van der Waals surface area contributed by atoms with E-state index >= 15 is 0 Å². The Labute approximate surface area is 200 Å². The monoisotopic (exact) mass is 616 g/mol. The van der Waals surface area contributed by atoms with Crippen LogP contribution >= 0.6 is 0 Å². The number of halogens is 17. The zero-order valence-electron chi connectivity index (χ0n) is 18.1. The van der Waals surface area contributed by atoms with Gasteiger partial charge in [-0.3, -0.25) is 18.7 Å². The van der Waals surface area contributed by atoms with E-state index in [4.69, 9.17) is 5.73 Å². The lowest BCUT2D eigenvalue weighted by atomic mass is 9.89. The maximum absolute atomic E-state index is 14.0. The Bertz CT molecular complexity index is 1260. The zero-order chi connectivity index (χ0) is 31.7. The van der Waals surface area contributed by atoms with E-state index in [-0.39, 0.29) is 9.13 Å². The molecule has 0 aliphatic carbocycles. The van der Waals surface area contributed by atoms with Gasteiger partial charge in [-0.2, -0.15) is 74.6 Å². The summed E-state index contributed by atoms with van der Waals surface area (Å²) < 4.78 is 226. The summed E-state index contributed by atoms with van der Waals surface area (Å²) in [6.07, 6.45) is -7.90. The summed E-state index contributed by atoms with van der Waals surface area (Å²) in [5.41, 5.74) is -0.0648. The number of alkyl halides is 17. The van der Waals surface area contributed by atoms with E-state index in [1.165, 1.54) is 0 Å². The summed E-state index contributed by atoms with van der Waals surface area (Å²) in [5.74, 6) is -64.6. The van der Waals surface area contributed by atoms with Crippen molar-refractivity contribution in [2.24, 2.45) is 14.1 Å². The first-order valence-electron chi connectivity index (χ1n) is 8.90. The van der Waals surface area contributed by atoms with Crippen molar-refractivity contribution >= 4 is 17.4 Å². The molecule has 39 heavy (non-hydrogen) atoms. The number of amides is 1. The second kappa shape index (κ2) is 8.89. The highest BCUT2D eigenvalue weighted by Crippen LogP contribution is 2.64. The van der Waals surface area contributed by atoms with Gasteiger partial charge in [-0.05, 0) is 0 Å². The second-order valence-corrected chi connectivity index (χ2v) is 7.44. The third-order valence-electron chi connectivity index (χ3n) is 4.96. The fourth-order valence-electron chi connectivity index (χ4n) is 2.48. The van der Waals surface area contributed by atoms with Gasteiger partial charge < -0.3 is 11.1 Å². The molecule has 0 fully saturated rings. The van der Waals surface area contributed by atoms with Gasteiger partial charge in [-0.25, -0.2) is 4.79 Å². The molecule has 0 spiro atoms. The summed E-state index contributed by atoms with van der Waals surface area (Å²) in [6.45, 7) is 0. The molecule has 0 aliphatic heterocycles. The Kier molecular flexibility index (Phi) is 7.70. The van der Waals surface area contributed by atoms with Crippen molar-refractivity contribution in [3.05, 3.63) is 20.8 Å². The number of nitrogens with one attached hydrogen (secondary N) is 1. The van der Waals surface area contributed by atoms with Crippen LogP contribution in [-0.4, -0.2) is 62.7 Å². The van der Waals surface area contributed by atoms with E-state index in [1.807, 2.05) is 0 Å². The molecule has 1 heterocycles. The lowest BCUT2D eigenvalue weighted by molar-refractivity contribution is -0.459. The summed E-state index contributed by atoms with van der Waals surface area (Å²) >= 11 is 0. The third-order valence-corrected chi connectivity index (χ3v) is 4.96. The van der Waals surface area contributed by atoms with Crippen molar-refractivity contribution in [2.45, 2.75) is 47.6 Å². The lowest BCUT2D eigenvalue weighted by Gasteiger charge is -2.42. The first-order valence-corrected chi connectivity index (χ1v) is 8.90. The van der Waals surface area contributed by atoms with Gasteiger partial charge in [0.2, 0.25) is 0 Å². The summed E-state index contributed by atoms with van der Waals surface area (Å²) in [4.78, 5) is 35.0. The maximum Gasteiger partial charge on any atom is 0.460 e. The molecular weight excluding hydrogens is 607 g/mol. The van der Waals surface area contributed by atoms with E-state index < -0.39 is 76.3 Å². The SMILES string of the molecule is Cn1c(N)c(NC(=O)C(F)(F)C(F)(F)C(F)(F)C(F)(F)C(F)(F)C(F)(F)C(F)(F)C(F)(F)F)c(=O)n(C)c1=O. The molecule has 0 saturated heterocycles. The van der Waals surface area contributed by atoms with Gasteiger partial charge >= 0.3 is 59.2 Å². The Morgan fingerprint density at radius 1 is 0.615 bits per heavy atom. The predicted octanol–water partition coefficient (Wildman–Crippen LogP) is 3.61. The van der Waals surface area contributed by atoms with Gasteiger partial charge in [0.15, 0.2) is 0 Å². The van der Waals surface area contributed by atoms with Crippen LogP contribution in [0, 0.1) is 0 Å². The number of hydrogen-bond acceptors (Lipinski definition) is 4. The molecule has 1 aromatic heterocycles. The molecule has 1 rings (SSSR count). The average Bonchev–Trinajstić information content (AvgIpc) is 2.77. The van der Waals surface area contributed by atoms with Crippen LogP contribution in [0.4, 0.5) is 86.1 Å². The minimum Gasteiger partial charge on any atom is -0.383 e. The van der Waals surface area contributed by atoms with Crippen LogP contribution in [0.3, 0.4) is 0 Å². The quantitative estimate of drug-likeness (QED) is 0.437. The lowest BCUT2D eigenvalue weighted by Crippen LogP contribution is -2.75. The smallest absolute Gasteiger partial charge is 0.383 e. The second-order valence-electron chi connectivity index (χ2n) is 7.44. The van der Waals surface area contributed by atoms with Gasteiger partial charge in [-0.15, -0.1) is 0 Å². The van der Waals surface area contributed by atoms with Crippen LogP contribution in [0.25, 0.3) is 0 Å². The van der Waals surface area contributed by atoms with Crippen molar-refractivity contribution < 1.29 is 79.4 Å². The predicted molar refractivity (Wildman–Crippen MR) is 90.7 cm³/mol. The van der Waals surface area contributed by atoms with Gasteiger partial charge in [0, 0.05) is 14.1 Å². The Morgan fingerprint density at radius 3 is 1.31 bits per heavy atom. The van der Waals surface area contributed by atoms with Crippen LogP contribution in [-0.2, 0) is 18.9 Å². The van der Waals surface area contributed by atoms with Crippen LogP contribution < -0.4 is 22.3 Å². The van der Waals surface area contributed by atoms with Crippen molar-refractivity contribution in [1.82, 2.24) is 9.13 Å². The minimum absolute atomic E-state index is 0.0888. The number of rotatable bonds is 8. The van der Waals surface area contributed by atoms with Crippen LogP contribution in [0.5, 0.6) is 0 Å². The van der Waals surface area contributed by atoms with E-state index in [9.17, 15) is 89.0 Å². The van der Waals surface area contributed by atoms with Crippen LogP contribution in [0.15, 0.2) is 9.59 Å². The number of nitrogen functional groups attached to an aromatic ring is 1. The highest BCUT2D eigenvalue weighted by Gasteiger charge is 2.95. The molecule has 0 bridgehead atoms. The zero-order valence-corrected chi connectivity index (χ0v) is 18.1. The first kappa shape index (κ1) is 33.8. The molecule has 0 unspecified atom stereocenters. The molecule has 24 heteroatoms. The average molecular weight is 616 g/mol. The molecule has 0 radical (unpaired) electrons. The standard InChI is InChI=1S/C15H9F17N4O3/c1-35-4(33)3(5(37)36(2)7(35)39)34-6(38)8(16,17)9(18,19)10(20,21)11(22,23)12(24,25)13(26,27)14(28,29)15(30,31)32/h33H2,1-2H3,(H,34,38). The van der Waals surface area contributed by atoms with Gasteiger partial charge in [0.25, 0.3) is 5.56 Å². The molecule has 0 saturated carbocycles. The summed E-state index contributed by atoms with van der Waals surface area (Å²) in [7, 11) is 1.16. The fourth-order valence-corrected chi connectivity index (χ4v) is 2.48. The number of nitrogens with zero attached hydrogens (tertiary/aromatic N) is 2. The Morgan fingerprint density at radius 2 is 0.949 bits per heavy atom. The number of hydrogen-bond donors (Lipinski definition) is 2. The highest BCUT2D eigenvalue weighted by atomic mass is 19.4. The molecule has 3 N–H and O–H groups in total. The number of aromatic nitrogens is 2. The molecule has 1 aromatic rings. The number of carbonyl (C=O) groups excluding carboxylic acids is 1. The van der Waals surface area contributed by atoms with Crippen LogP contribution in [0.1, 0.15) is 0 Å². The van der Waals surface area contributed by atoms with Crippen molar-refractivity contribution in [3.63, 3.8) is 0 Å². The van der Waals surface area contributed by atoms with Crippen molar-refractivity contribution in [3.8, 4) is 0 Å². The molecule has 226 valence electrons.